The van der Waals surface area contributed by atoms with Crippen molar-refractivity contribution in [2.75, 3.05) is 32.1 Å². The number of rotatable bonds is 2. The van der Waals surface area contributed by atoms with Gasteiger partial charge < -0.3 is 15.5 Å². The molecule has 1 amide bonds. The first kappa shape index (κ1) is 13.9. The van der Waals surface area contributed by atoms with Crippen LogP contribution >= 0.6 is 0 Å². The van der Waals surface area contributed by atoms with E-state index in [2.05, 4.69) is 6.92 Å². The molecule has 0 radical (unpaired) electrons. The van der Waals surface area contributed by atoms with Crippen molar-refractivity contribution in [1.82, 2.24) is 4.90 Å². The number of nitrogens with zero attached hydrogens (tertiary/aromatic N) is 2. The summed E-state index contributed by atoms with van der Waals surface area (Å²) in [6.45, 7) is 3.62. The summed E-state index contributed by atoms with van der Waals surface area (Å²) in [4.78, 5) is 16.3. The molecule has 2 N–H and O–H groups in total. The summed E-state index contributed by atoms with van der Waals surface area (Å²) in [7, 11) is 3.98. The van der Waals surface area contributed by atoms with Crippen molar-refractivity contribution in [3.63, 3.8) is 0 Å². The molecule has 1 fully saturated rings. The lowest BCUT2D eigenvalue weighted by Gasteiger charge is -2.35. The molecule has 1 aromatic rings. The average Bonchev–Trinajstić information content (AvgIpc) is 2.41. The van der Waals surface area contributed by atoms with E-state index >= 15 is 0 Å². The lowest BCUT2D eigenvalue weighted by molar-refractivity contribution is 0.0672. The molecule has 2 rings (SSSR count). The van der Waals surface area contributed by atoms with Crippen LogP contribution in [0.5, 0.6) is 0 Å². The molecule has 2 atom stereocenters. The van der Waals surface area contributed by atoms with Gasteiger partial charge in [-0.3, -0.25) is 4.79 Å². The van der Waals surface area contributed by atoms with E-state index in [4.69, 9.17) is 5.73 Å². The molecule has 0 saturated carbocycles. The van der Waals surface area contributed by atoms with E-state index in [1.807, 2.05) is 48.2 Å². The third-order valence-corrected chi connectivity index (χ3v) is 3.93. The molecular weight excluding hydrogens is 238 g/mol. The minimum Gasteiger partial charge on any atom is -0.378 e. The van der Waals surface area contributed by atoms with Crippen molar-refractivity contribution >= 4 is 11.6 Å². The first-order chi connectivity index (χ1) is 8.99. The van der Waals surface area contributed by atoms with Gasteiger partial charge in [-0.15, -0.1) is 0 Å². The van der Waals surface area contributed by atoms with Gasteiger partial charge in [0.25, 0.3) is 5.91 Å². The molecule has 4 nitrogen and oxygen atoms in total. The number of carbonyl (C=O) groups excluding carboxylic acids is 1. The quantitative estimate of drug-likeness (QED) is 0.879. The smallest absolute Gasteiger partial charge is 0.253 e. The van der Waals surface area contributed by atoms with E-state index in [0.717, 1.165) is 24.2 Å². The Morgan fingerprint density at radius 3 is 2.47 bits per heavy atom. The molecule has 1 saturated heterocycles. The van der Waals surface area contributed by atoms with E-state index in [1.54, 1.807) is 0 Å². The van der Waals surface area contributed by atoms with Gasteiger partial charge in [0.15, 0.2) is 0 Å². The summed E-state index contributed by atoms with van der Waals surface area (Å²) in [6.07, 6.45) is 0.989. The maximum Gasteiger partial charge on any atom is 0.253 e. The zero-order valence-corrected chi connectivity index (χ0v) is 12.0. The Labute approximate surface area is 115 Å². The van der Waals surface area contributed by atoms with Crippen LogP contribution in [0.2, 0.25) is 0 Å². The van der Waals surface area contributed by atoms with E-state index < -0.39 is 0 Å². The number of amides is 1. The molecule has 2 unspecified atom stereocenters. The molecule has 0 aromatic heterocycles. The number of anilines is 1. The minimum absolute atomic E-state index is 0.0904. The van der Waals surface area contributed by atoms with Crippen LogP contribution in [0.15, 0.2) is 24.3 Å². The van der Waals surface area contributed by atoms with Gasteiger partial charge in [0.2, 0.25) is 0 Å². The van der Waals surface area contributed by atoms with Gasteiger partial charge in [0, 0.05) is 44.5 Å². The number of nitrogens with two attached hydrogens (primary N) is 1. The Kier molecular flexibility index (Phi) is 4.10. The predicted molar refractivity (Wildman–Crippen MR) is 78.4 cm³/mol. The van der Waals surface area contributed by atoms with Gasteiger partial charge >= 0.3 is 0 Å². The van der Waals surface area contributed by atoms with E-state index in [9.17, 15) is 4.79 Å². The molecule has 0 bridgehead atoms. The largest absolute Gasteiger partial charge is 0.378 e. The third-order valence-electron chi connectivity index (χ3n) is 3.93. The predicted octanol–water partition coefficient (Wildman–Crippen LogP) is 1.56. The van der Waals surface area contributed by atoms with Gasteiger partial charge in [0.05, 0.1) is 0 Å². The number of hydrogen-bond acceptors (Lipinski definition) is 3. The Morgan fingerprint density at radius 2 is 1.95 bits per heavy atom. The molecule has 4 heteroatoms. The summed E-state index contributed by atoms with van der Waals surface area (Å²) in [5.74, 6) is 0.591. The first-order valence-corrected chi connectivity index (χ1v) is 6.81. The molecule has 0 spiro atoms. The van der Waals surface area contributed by atoms with Gasteiger partial charge in [-0.25, -0.2) is 0 Å². The fourth-order valence-corrected chi connectivity index (χ4v) is 2.37. The van der Waals surface area contributed by atoms with Gasteiger partial charge in [0.1, 0.15) is 0 Å². The highest BCUT2D eigenvalue weighted by Crippen LogP contribution is 2.19. The molecule has 1 aliphatic rings. The molecule has 0 aliphatic carbocycles. The fraction of sp³-hybridized carbons (Fsp3) is 0.533. The van der Waals surface area contributed by atoms with Crippen molar-refractivity contribution in [3.05, 3.63) is 29.8 Å². The second-order valence-electron chi connectivity index (χ2n) is 5.62. The lowest BCUT2D eigenvalue weighted by atomic mass is 9.94. The Balaban J connectivity index is 2.07. The fourth-order valence-electron chi connectivity index (χ4n) is 2.37. The Bertz CT molecular complexity index is 441. The van der Waals surface area contributed by atoms with Crippen LogP contribution in [0.3, 0.4) is 0 Å². The second-order valence-corrected chi connectivity index (χ2v) is 5.62. The third kappa shape index (κ3) is 3.07. The van der Waals surface area contributed by atoms with Gasteiger partial charge in [-0.1, -0.05) is 6.92 Å². The van der Waals surface area contributed by atoms with Crippen LogP contribution in [-0.2, 0) is 0 Å². The zero-order valence-electron chi connectivity index (χ0n) is 12.0. The minimum atomic E-state index is 0.0904. The number of benzene rings is 1. The summed E-state index contributed by atoms with van der Waals surface area (Å²) in [6, 6.07) is 7.82. The molecule has 104 valence electrons. The standard InChI is InChI=1S/C15H23N3O/c1-11-8-9-18(10-14(11)16)15(19)12-4-6-13(7-5-12)17(2)3/h4-7,11,14H,8-10,16H2,1-3H3. The highest BCUT2D eigenvalue weighted by Gasteiger charge is 2.26. The summed E-state index contributed by atoms with van der Waals surface area (Å²) >= 11 is 0. The SMILES string of the molecule is CC1CCN(C(=O)c2ccc(N(C)C)cc2)CC1N. The van der Waals surface area contributed by atoms with Crippen LogP contribution < -0.4 is 10.6 Å². The molecule has 1 heterocycles. The normalized spacial score (nSPS) is 23.3. The average molecular weight is 261 g/mol. The molecule has 1 aliphatic heterocycles. The highest BCUT2D eigenvalue weighted by atomic mass is 16.2. The van der Waals surface area contributed by atoms with E-state index in [0.29, 0.717) is 12.5 Å². The maximum absolute atomic E-state index is 12.4. The summed E-state index contributed by atoms with van der Waals surface area (Å²) < 4.78 is 0. The first-order valence-electron chi connectivity index (χ1n) is 6.81. The topological polar surface area (TPSA) is 49.6 Å². The second kappa shape index (κ2) is 5.61. The van der Waals surface area contributed by atoms with Gasteiger partial charge in [-0.05, 0) is 36.6 Å². The lowest BCUT2D eigenvalue weighted by Crippen LogP contribution is -2.49. The van der Waals surface area contributed by atoms with Crippen LogP contribution in [0.1, 0.15) is 23.7 Å². The number of hydrogen-bond donors (Lipinski definition) is 1. The molecular formula is C15H23N3O. The number of likely N-dealkylation sites (tertiary alicyclic amines) is 1. The van der Waals surface area contributed by atoms with Crippen LogP contribution in [0, 0.1) is 5.92 Å². The van der Waals surface area contributed by atoms with E-state index in [-0.39, 0.29) is 11.9 Å². The summed E-state index contributed by atoms with van der Waals surface area (Å²) in [5.41, 5.74) is 7.89. The van der Waals surface area contributed by atoms with Crippen LogP contribution in [-0.4, -0.2) is 44.0 Å². The zero-order chi connectivity index (χ0) is 14.0. The molecule has 19 heavy (non-hydrogen) atoms. The van der Waals surface area contributed by atoms with Crippen molar-refractivity contribution in [3.8, 4) is 0 Å². The van der Waals surface area contributed by atoms with Crippen molar-refractivity contribution < 1.29 is 4.79 Å². The Morgan fingerprint density at radius 1 is 1.32 bits per heavy atom. The van der Waals surface area contributed by atoms with Crippen molar-refractivity contribution in [2.24, 2.45) is 11.7 Å². The van der Waals surface area contributed by atoms with Crippen molar-refractivity contribution in [2.45, 2.75) is 19.4 Å². The molecule has 1 aromatic carbocycles. The maximum atomic E-state index is 12.4. The summed E-state index contributed by atoms with van der Waals surface area (Å²) in [5, 5.41) is 0. The number of piperidine rings is 1. The van der Waals surface area contributed by atoms with Crippen LogP contribution in [0.25, 0.3) is 0 Å². The highest BCUT2D eigenvalue weighted by molar-refractivity contribution is 5.94. The van der Waals surface area contributed by atoms with Crippen molar-refractivity contribution in [1.29, 1.82) is 0 Å². The van der Waals surface area contributed by atoms with E-state index in [1.165, 1.54) is 0 Å². The van der Waals surface area contributed by atoms with Gasteiger partial charge in [-0.2, -0.15) is 0 Å². The monoisotopic (exact) mass is 261 g/mol. The number of carbonyl (C=O) groups is 1. The van der Waals surface area contributed by atoms with Crippen LogP contribution in [0.4, 0.5) is 5.69 Å². The Hall–Kier alpha value is -1.55.